The van der Waals surface area contributed by atoms with Crippen molar-refractivity contribution >= 4 is 29.3 Å². The first-order valence-electron chi connectivity index (χ1n) is 7.61. The Balaban J connectivity index is 1.95. The fourth-order valence-corrected chi connectivity index (χ4v) is 2.03. The van der Waals surface area contributed by atoms with Crippen LogP contribution in [0.4, 0.5) is 11.4 Å². The molecule has 0 aromatic heterocycles. The third-order valence-electron chi connectivity index (χ3n) is 3.28. The number of hydrogen-bond acceptors (Lipinski definition) is 4. The third kappa shape index (κ3) is 5.28. The molecule has 2 rings (SSSR count). The van der Waals surface area contributed by atoms with Gasteiger partial charge in [0.25, 0.3) is 11.6 Å². The van der Waals surface area contributed by atoms with Crippen molar-refractivity contribution in [2.24, 2.45) is 0 Å². The number of rotatable bonds is 6. The Bertz CT molecular complexity index is 796. The van der Waals surface area contributed by atoms with Crippen molar-refractivity contribution < 1.29 is 14.5 Å². The monoisotopic (exact) mass is 339 g/mol. The van der Waals surface area contributed by atoms with Gasteiger partial charge in [0.2, 0.25) is 5.91 Å². The Labute approximate surface area is 144 Å². The first kappa shape index (κ1) is 17.9. The second-order valence-corrected chi connectivity index (χ2v) is 5.11. The smallest absolute Gasteiger partial charge is 0.269 e. The Morgan fingerprint density at radius 1 is 1.08 bits per heavy atom. The van der Waals surface area contributed by atoms with Gasteiger partial charge >= 0.3 is 0 Å². The van der Waals surface area contributed by atoms with Gasteiger partial charge in [0.05, 0.1) is 4.92 Å². The summed E-state index contributed by atoms with van der Waals surface area (Å²) in [4.78, 5) is 33.6. The van der Waals surface area contributed by atoms with E-state index in [-0.39, 0.29) is 17.5 Å². The molecule has 7 heteroatoms. The van der Waals surface area contributed by atoms with Crippen LogP contribution in [0.25, 0.3) is 6.08 Å². The summed E-state index contributed by atoms with van der Waals surface area (Å²) in [5.74, 6) is -0.512. The van der Waals surface area contributed by atoms with Crippen LogP contribution in [-0.4, -0.2) is 23.3 Å². The summed E-state index contributed by atoms with van der Waals surface area (Å²) < 4.78 is 0. The zero-order chi connectivity index (χ0) is 18.2. The maximum absolute atomic E-state index is 11.9. The summed E-state index contributed by atoms with van der Waals surface area (Å²) in [7, 11) is 0. The topological polar surface area (TPSA) is 101 Å². The van der Waals surface area contributed by atoms with E-state index in [1.54, 1.807) is 42.5 Å². The highest BCUT2D eigenvalue weighted by Gasteiger charge is 2.05. The van der Waals surface area contributed by atoms with Gasteiger partial charge in [-0.1, -0.05) is 0 Å². The molecule has 2 aromatic carbocycles. The number of carbonyl (C=O) groups excluding carboxylic acids is 2. The number of anilines is 1. The molecule has 0 saturated heterocycles. The van der Waals surface area contributed by atoms with E-state index in [2.05, 4.69) is 10.6 Å². The van der Waals surface area contributed by atoms with E-state index in [1.165, 1.54) is 18.2 Å². The van der Waals surface area contributed by atoms with Crippen LogP contribution in [0, 0.1) is 10.1 Å². The lowest BCUT2D eigenvalue weighted by Gasteiger charge is -2.05. The fraction of sp³-hybridized carbons (Fsp3) is 0.111. The van der Waals surface area contributed by atoms with E-state index >= 15 is 0 Å². The highest BCUT2D eigenvalue weighted by molar-refractivity contribution is 6.02. The molecule has 0 fully saturated rings. The minimum absolute atomic E-state index is 0.00574. The molecule has 0 spiro atoms. The molecule has 0 aliphatic carbocycles. The second-order valence-electron chi connectivity index (χ2n) is 5.11. The minimum Gasteiger partial charge on any atom is -0.352 e. The highest BCUT2D eigenvalue weighted by atomic mass is 16.6. The van der Waals surface area contributed by atoms with Crippen LogP contribution in [0.15, 0.2) is 54.6 Å². The molecule has 0 aliphatic rings. The molecular formula is C18H17N3O4. The summed E-state index contributed by atoms with van der Waals surface area (Å²) in [6.07, 6.45) is 2.89. The van der Waals surface area contributed by atoms with Gasteiger partial charge in [-0.15, -0.1) is 0 Å². The Morgan fingerprint density at radius 3 is 2.28 bits per heavy atom. The number of hydrogen-bond donors (Lipinski definition) is 2. The summed E-state index contributed by atoms with van der Waals surface area (Å²) >= 11 is 0. The van der Waals surface area contributed by atoms with Crippen LogP contribution < -0.4 is 10.6 Å². The van der Waals surface area contributed by atoms with E-state index in [4.69, 9.17) is 0 Å². The van der Waals surface area contributed by atoms with Crippen molar-refractivity contribution in [3.05, 3.63) is 75.8 Å². The maximum atomic E-state index is 11.9. The molecule has 128 valence electrons. The summed E-state index contributed by atoms with van der Waals surface area (Å²) in [6.45, 7) is 2.38. The van der Waals surface area contributed by atoms with E-state index in [1.807, 2.05) is 6.92 Å². The van der Waals surface area contributed by atoms with Gasteiger partial charge in [-0.25, -0.2) is 0 Å². The summed E-state index contributed by atoms with van der Waals surface area (Å²) in [5, 5.41) is 15.9. The maximum Gasteiger partial charge on any atom is 0.269 e. The number of nitro benzene ring substituents is 1. The lowest BCUT2D eigenvalue weighted by Crippen LogP contribution is -2.22. The van der Waals surface area contributed by atoms with Gasteiger partial charge < -0.3 is 10.6 Å². The largest absolute Gasteiger partial charge is 0.352 e. The number of non-ortho nitro benzene ring substituents is 1. The molecule has 25 heavy (non-hydrogen) atoms. The number of nitrogens with zero attached hydrogens (tertiary/aromatic N) is 1. The average molecular weight is 339 g/mol. The molecule has 0 unspecified atom stereocenters. The van der Waals surface area contributed by atoms with Gasteiger partial charge in [0.15, 0.2) is 0 Å². The predicted molar refractivity (Wildman–Crippen MR) is 95.2 cm³/mol. The molecule has 2 amide bonds. The van der Waals surface area contributed by atoms with Crippen LogP contribution in [0.1, 0.15) is 22.8 Å². The number of amides is 2. The second kappa shape index (κ2) is 8.39. The van der Waals surface area contributed by atoms with Crippen molar-refractivity contribution in [1.82, 2.24) is 5.32 Å². The first-order chi connectivity index (χ1) is 12.0. The normalized spacial score (nSPS) is 10.4. The van der Waals surface area contributed by atoms with Crippen LogP contribution in [0.3, 0.4) is 0 Å². The van der Waals surface area contributed by atoms with Crippen molar-refractivity contribution in [1.29, 1.82) is 0 Å². The van der Waals surface area contributed by atoms with Crippen molar-refractivity contribution in [2.75, 3.05) is 11.9 Å². The number of benzene rings is 2. The molecule has 0 heterocycles. The van der Waals surface area contributed by atoms with Gasteiger partial charge in [0.1, 0.15) is 0 Å². The highest BCUT2D eigenvalue weighted by Crippen LogP contribution is 2.13. The Kier molecular flexibility index (Phi) is 6.00. The molecule has 0 atom stereocenters. The molecule has 0 aliphatic heterocycles. The molecule has 7 nitrogen and oxygen atoms in total. The Hall–Kier alpha value is -3.48. The zero-order valence-corrected chi connectivity index (χ0v) is 13.6. The van der Waals surface area contributed by atoms with Gasteiger partial charge in [-0.2, -0.15) is 0 Å². The van der Waals surface area contributed by atoms with Crippen LogP contribution >= 0.6 is 0 Å². The van der Waals surface area contributed by atoms with E-state index < -0.39 is 4.92 Å². The molecule has 0 radical (unpaired) electrons. The molecule has 2 N–H and O–H groups in total. The van der Waals surface area contributed by atoms with Gasteiger partial charge in [-0.05, 0) is 55.0 Å². The summed E-state index contributed by atoms with van der Waals surface area (Å²) in [5.41, 5.74) is 1.74. The van der Waals surface area contributed by atoms with E-state index in [9.17, 15) is 19.7 Å². The summed E-state index contributed by atoms with van der Waals surface area (Å²) in [6, 6.07) is 12.4. The lowest BCUT2D eigenvalue weighted by molar-refractivity contribution is -0.384. The number of carbonyl (C=O) groups is 2. The predicted octanol–water partition coefficient (Wildman–Crippen LogP) is 3.00. The van der Waals surface area contributed by atoms with E-state index in [0.29, 0.717) is 23.4 Å². The standard InChI is InChI=1S/C18H17N3O4/c1-2-19-18(23)14-6-8-15(9-7-14)20-17(22)12-5-13-3-10-16(11-4-13)21(24)25/h3-12H,2H2,1H3,(H,19,23)(H,20,22)/b12-5+. The van der Waals surface area contributed by atoms with E-state index in [0.717, 1.165) is 0 Å². The van der Waals surface area contributed by atoms with Crippen molar-refractivity contribution in [2.45, 2.75) is 6.92 Å². The van der Waals surface area contributed by atoms with Crippen LogP contribution in [0.2, 0.25) is 0 Å². The lowest BCUT2D eigenvalue weighted by atomic mass is 10.2. The van der Waals surface area contributed by atoms with Crippen LogP contribution in [-0.2, 0) is 4.79 Å². The molecule has 0 saturated carbocycles. The average Bonchev–Trinajstić information content (AvgIpc) is 2.61. The third-order valence-corrected chi connectivity index (χ3v) is 3.28. The quantitative estimate of drug-likeness (QED) is 0.480. The van der Waals surface area contributed by atoms with Crippen LogP contribution in [0.5, 0.6) is 0 Å². The number of nitrogens with one attached hydrogen (secondary N) is 2. The minimum atomic E-state index is -0.482. The van der Waals surface area contributed by atoms with Gasteiger partial charge in [0, 0.05) is 36.0 Å². The molecule has 0 bridgehead atoms. The SMILES string of the molecule is CCNC(=O)c1ccc(NC(=O)/C=C/c2ccc([N+](=O)[O-])cc2)cc1. The molecular weight excluding hydrogens is 322 g/mol. The Morgan fingerprint density at radius 2 is 1.72 bits per heavy atom. The number of nitro groups is 1. The van der Waals surface area contributed by atoms with Crippen molar-refractivity contribution in [3.63, 3.8) is 0 Å². The first-order valence-corrected chi connectivity index (χ1v) is 7.61. The van der Waals surface area contributed by atoms with Gasteiger partial charge in [-0.3, -0.25) is 19.7 Å². The van der Waals surface area contributed by atoms with Crippen molar-refractivity contribution in [3.8, 4) is 0 Å². The zero-order valence-electron chi connectivity index (χ0n) is 13.6. The molecule has 2 aromatic rings. The fourth-order valence-electron chi connectivity index (χ4n) is 2.03.